The molecule has 1 heterocycles. The second-order valence-corrected chi connectivity index (χ2v) is 4.34. The molecule has 0 aromatic carbocycles. The predicted molar refractivity (Wildman–Crippen MR) is 59.0 cm³/mol. The summed E-state index contributed by atoms with van der Waals surface area (Å²) >= 11 is 0. The van der Waals surface area contributed by atoms with E-state index < -0.39 is 0 Å². The molecule has 0 aliphatic carbocycles. The fourth-order valence-electron chi connectivity index (χ4n) is 1.35. The number of nitrogens with zero attached hydrogens (tertiary/aromatic N) is 1. The molecule has 0 saturated heterocycles. The Labute approximate surface area is 86.3 Å². The van der Waals surface area contributed by atoms with E-state index in [4.69, 9.17) is 0 Å². The highest BCUT2D eigenvalue weighted by Gasteiger charge is 2.03. The van der Waals surface area contributed by atoms with Gasteiger partial charge in [-0.05, 0) is 31.7 Å². The molecule has 1 aromatic rings. The first-order valence-corrected chi connectivity index (χ1v) is 5.40. The van der Waals surface area contributed by atoms with E-state index in [2.05, 4.69) is 36.3 Å². The van der Waals surface area contributed by atoms with Crippen molar-refractivity contribution in [3.8, 4) is 0 Å². The summed E-state index contributed by atoms with van der Waals surface area (Å²) in [6.45, 7) is 7.65. The van der Waals surface area contributed by atoms with E-state index in [0.29, 0.717) is 6.04 Å². The number of nitrogens with one attached hydrogen (secondary N) is 2. The Kier molecular flexibility index (Phi) is 4.66. The summed E-state index contributed by atoms with van der Waals surface area (Å²) in [4.78, 5) is 0. The molecule has 1 atom stereocenters. The number of aromatic nitrogens is 2. The largest absolute Gasteiger partial charge is 0.309 e. The van der Waals surface area contributed by atoms with Gasteiger partial charge >= 0.3 is 0 Å². The fraction of sp³-hybridized carbons (Fsp3) is 0.727. The van der Waals surface area contributed by atoms with Crippen LogP contribution in [0.25, 0.3) is 0 Å². The van der Waals surface area contributed by atoms with Crippen LogP contribution < -0.4 is 5.32 Å². The van der Waals surface area contributed by atoms with Crippen molar-refractivity contribution in [3.05, 3.63) is 18.0 Å². The van der Waals surface area contributed by atoms with Crippen LogP contribution in [-0.2, 0) is 6.54 Å². The van der Waals surface area contributed by atoms with Gasteiger partial charge in [0, 0.05) is 24.5 Å². The maximum Gasteiger partial charge on any atom is 0.0490 e. The first-order valence-electron chi connectivity index (χ1n) is 5.40. The van der Waals surface area contributed by atoms with Crippen molar-refractivity contribution in [1.82, 2.24) is 15.5 Å². The molecular formula is C11H21N3. The first kappa shape index (κ1) is 11.2. The lowest BCUT2D eigenvalue weighted by molar-refractivity contribution is 0.448. The summed E-state index contributed by atoms with van der Waals surface area (Å²) in [5.41, 5.74) is 1.15. The van der Waals surface area contributed by atoms with Crippen LogP contribution in [0.15, 0.2) is 12.3 Å². The Balaban J connectivity index is 2.12. The normalized spacial score (nSPS) is 13.4. The Morgan fingerprint density at radius 3 is 2.71 bits per heavy atom. The Morgan fingerprint density at radius 1 is 1.36 bits per heavy atom. The van der Waals surface area contributed by atoms with Gasteiger partial charge in [-0.2, -0.15) is 5.10 Å². The Morgan fingerprint density at radius 2 is 2.14 bits per heavy atom. The zero-order valence-electron chi connectivity index (χ0n) is 9.38. The van der Waals surface area contributed by atoms with Gasteiger partial charge in [0.25, 0.3) is 0 Å². The SMILES string of the molecule is CC(C)CCC(C)NCc1ccn[nH]1. The maximum absolute atomic E-state index is 3.91. The summed E-state index contributed by atoms with van der Waals surface area (Å²) in [7, 11) is 0. The van der Waals surface area contributed by atoms with Crippen LogP contribution in [0.2, 0.25) is 0 Å². The van der Waals surface area contributed by atoms with Gasteiger partial charge in [0.1, 0.15) is 0 Å². The van der Waals surface area contributed by atoms with Crippen molar-refractivity contribution in [2.45, 2.75) is 46.2 Å². The Bertz CT molecular complexity index is 229. The minimum absolute atomic E-state index is 0.584. The van der Waals surface area contributed by atoms with Gasteiger partial charge in [0.05, 0.1) is 0 Å². The number of rotatable bonds is 6. The standard InChI is InChI=1S/C11H21N3/c1-9(2)4-5-10(3)12-8-11-6-7-13-14-11/h6-7,9-10,12H,4-5,8H2,1-3H3,(H,13,14). The molecule has 3 nitrogen and oxygen atoms in total. The van der Waals surface area contributed by atoms with Crippen LogP contribution in [0.3, 0.4) is 0 Å². The predicted octanol–water partition coefficient (Wildman–Crippen LogP) is 2.32. The van der Waals surface area contributed by atoms with Crippen LogP contribution in [0.4, 0.5) is 0 Å². The highest BCUT2D eigenvalue weighted by molar-refractivity contribution is 4.96. The average molecular weight is 195 g/mol. The van der Waals surface area contributed by atoms with E-state index in [1.165, 1.54) is 12.8 Å². The number of hydrogen-bond donors (Lipinski definition) is 2. The van der Waals surface area contributed by atoms with Gasteiger partial charge in [-0.15, -0.1) is 0 Å². The van der Waals surface area contributed by atoms with Gasteiger partial charge < -0.3 is 5.32 Å². The molecule has 1 unspecified atom stereocenters. The van der Waals surface area contributed by atoms with Crippen molar-refractivity contribution >= 4 is 0 Å². The van der Waals surface area contributed by atoms with Crippen molar-refractivity contribution < 1.29 is 0 Å². The number of aromatic amines is 1. The zero-order valence-corrected chi connectivity index (χ0v) is 9.38. The second kappa shape index (κ2) is 5.81. The first-order chi connectivity index (χ1) is 6.68. The highest BCUT2D eigenvalue weighted by atomic mass is 15.1. The molecule has 0 fully saturated rings. The van der Waals surface area contributed by atoms with Crippen molar-refractivity contribution in [2.75, 3.05) is 0 Å². The van der Waals surface area contributed by atoms with Crippen LogP contribution >= 0.6 is 0 Å². The summed E-state index contributed by atoms with van der Waals surface area (Å²) in [6, 6.07) is 2.59. The van der Waals surface area contributed by atoms with E-state index in [0.717, 1.165) is 18.2 Å². The lowest BCUT2D eigenvalue weighted by Gasteiger charge is -2.14. The third-order valence-corrected chi connectivity index (χ3v) is 2.38. The van der Waals surface area contributed by atoms with Gasteiger partial charge in [-0.1, -0.05) is 13.8 Å². The number of H-pyrrole nitrogens is 1. The summed E-state index contributed by atoms with van der Waals surface area (Å²) in [6.07, 6.45) is 4.32. The summed E-state index contributed by atoms with van der Waals surface area (Å²) in [5.74, 6) is 0.798. The van der Waals surface area contributed by atoms with Crippen molar-refractivity contribution in [1.29, 1.82) is 0 Å². The van der Waals surface area contributed by atoms with E-state index in [1.54, 1.807) is 6.20 Å². The maximum atomic E-state index is 3.91. The van der Waals surface area contributed by atoms with Crippen LogP contribution in [0, 0.1) is 5.92 Å². The fourth-order valence-corrected chi connectivity index (χ4v) is 1.35. The molecule has 0 radical (unpaired) electrons. The van der Waals surface area contributed by atoms with Crippen molar-refractivity contribution in [3.63, 3.8) is 0 Å². The van der Waals surface area contributed by atoms with E-state index in [1.807, 2.05) is 6.07 Å². The second-order valence-electron chi connectivity index (χ2n) is 4.34. The smallest absolute Gasteiger partial charge is 0.0490 e. The number of hydrogen-bond acceptors (Lipinski definition) is 2. The Hall–Kier alpha value is -0.830. The molecule has 14 heavy (non-hydrogen) atoms. The molecule has 0 amide bonds. The summed E-state index contributed by atoms with van der Waals surface area (Å²) < 4.78 is 0. The van der Waals surface area contributed by atoms with Gasteiger partial charge in [0.15, 0.2) is 0 Å². The van der Waals surface area contributed by atoms with Gasteiger partial charge in [-0.3, -0.25) is 5.10 Å². The topological polar surface area (TPSA) is 40.7 Å². The minimum atomic E-state index is 0.584. The molecule has 1 aromatic heterocycles. The van der Waals surface area contributed by atoms with Gasteiger partial charge in [0.2, 0.25) is 0 Å². The molecule has 2 N–H and O–H groups in total. The molecule has 1 rings (SSSR count). The van der Waals surface area contributed by atoms with Gasteiger partial charge in [-0.25, -0.2) is 0 Å². The molecule has 0 saturated carbocycles. The molecule has 0 aliphatic rings. The van der Waals surface area contributed by atoms with Crippen LogP contribution in [0.5, 0.6) is 0 Å². The average Bonchev–Trinajstić information content (AvgIpc) is 2.63. The quantitative estimate of drug-likeness (QED) is 0.731. The molecular weight excluding hydrogens is 174 g/mol. The zero-order chi connectivity index (χ0) is 10.4. The van der Waals surface area contributed by atoms with E-state index in [9.17, 15) is 0 Å². The molecule has 3 heteroatoms. The molecule has 80 valence electrons. The monoisotopic (exact) mass is 195 g/mol. The lowest BCUT2D eigenvalue weighted by Crippen LogP contribution is -2.25. The third kappa shape index (κ3) is 4.42. The van der Waals surface area contributed by atoms with Crippen LogP contribution in [0.1, 0.15) is 39.3 Å². The van der Waals surface area contributed by atoms with E-state index >= 15 is 0 Å². The van der Waals surface area contributed by atoms with Crippen molar-refractivity contribution in [2.24, 2.45) is 5.92 Å². The lowest BCUT2D eigenvalue weighted by atomic mass is 10.0. The molecule has 0 spiro atoms. The van der Waals surface area contributed by atoms with E-state index in [-0.39, 0.29) is 0 Å². The minimum Gasteiger partial charge on any atom is -0.309 e. The van der Waals surface area contributed by atoms with Crippen LogP contribution in [-0.4, -0.2) is 16.2 Å². The molecule has 0 bridgehead atoms. The highest BCUT2D eigenvalue weighted by Crippen LogP contribution is 2.06. The third-order valence-electron chi connectivity index (χ3n) is 2.38. The molecule has 0 aliphatic heterocycles. The summed E-state index contributed by atoms with van der Waals surface area (Å²) in [5, 5.41) is 10.3.